The molecule has 1 aromatic carbocycles. The molecule has 2 aliphatic rings. The second kappa shape index (κ2) is 9.43. The molecule has 2 aliphatic heterocycles. The number of carbonyl (C=O) groups excluding carboxylic acids is 2. The Hall–Kier alpha value is -2.67. The van der Waals surface area contributed by atoms with Crippen molar-refractivity contribution in [3.05, 3.63) is 47.8 Å². The van der Waals surface area contributed by atoms with Crippen molar-refractivity contribution in [3.8, 4) is 0 Å². The van der Waals surface area contributed by atoms with Crippen LogP contribution >= 0.6 is 0 Å². The van der Waals surface area contributed by atoms with Gasteiger partial charge in [-0.25, -0.2) is 0 Å². The zero-order valence-electron chi connectivity index (χ0n) is 17.7. The van der Waals surface area contributed by atoms with E-state index in [2.05, 4.69) is 21.4 Å². The van der Waals surface area contributed by atoms with Gasteiger partial charge in [0.05, 0.1) is 11.9 Å². The van der Waals surface area contributed by atoms with Gasteiger partial charge in [-0.2, -0.15) is 5.10 Å². The van der Waals surface area contributed by atoms with Gasteiger partial charge in [-0.05, 0) is 63.4 Å². The Balaban J connectivity index is 1.30. The van der Waals surface area contributed by atoms with Gasteiger partial charge in [-0.1, -0.05) is 12.1 Å². The summed E-state index contributed by atoms with van der Waals surface area (Å²) < 4.78 is 1.79. The van der Waals surface area contributed by atoms with Crippen LogP contribution in [0.1, 0.15) is 48.5 Å². The Morgan fingerprint density at radius 1 is 1.13 bits per heavy atom. The number of hydrogen-bond donors (Lipinski definition) is 1. The van der Waals surface area contributed by atoms with E-state index in [4.69, 9.17) is 0 Å². The van der Waals surface area contributed by atoms with Gasteiger partial charge in [-0.15, -0.1) is 0 Å². The lowest BCUT2D eigenvalue weighted by Gasteiger charge is -2.31. The number of rotatable bonds is 6. The molecule has 0 saturated carbocycles. The topological polar surface area (TPSA) is 70.5 Å². The van der Waals surface area contributed by atoms with Crippen molar-refractivity contribution in [1.29, 1.82) is 0 Å². The molecule has 7 heteroatoms. The number of anilines is 1. The lowest BCUT2D eigenvalue weighted by atomic mass is 9.95. The fraction of sp³-hybridized carbons (Fsp3) is 0.522. The Labute approximate surface area is 178 Å². The van der Waals surface area contributed by atoms with Crippen molar-refractivity contribution in [1.82, 2.24) is 19.6 Å². The van der Waals surface area contributed by atoms with Crippen molar-refractivity contribution >= 4 is 17.5 Å². The summed E-state index contributed by atoms with van der Waals surface area (Å²) in [5.74, 6) is 0.0206. The standard InChI is InChI=1S/C23H31N5O2/c1-2-28-17-21(15-24-28)25-22(29)19-8-12-27(13-9-19)23(30)20-7-5-6-18(14-20)16-26-10-3-4-11-26/h5-7,14-15,17,19H,2-4,8-13,16H2,1H3,(H,25,29). The van der Waals surface area contributed by atoms with Crippen LogP contribution in [0.25, 0.3) is 0 Å². The maximum Gasteiger partial charge on any atom is 0.253 e. The normalized spacial score (nSPS) is 18.0. The minimum atomic E-state index is -0.0690. The molecular formula is C23H31N5O2. The number of amides is 2. The molecule has 2 fully saturated rings. The van der Waals surface area contributed by atoms with Crippen LogP contribution in [0.15, 0.2) is 36.7 Å². The second-order valence-corrected chi connectivity index (χ2v) is 8.32. The van der Waals surface area contributed by atoms with Crippen molar-refractivity contribution in [2.24, 2.45) is 5.92 Å². The average Bonchev–Trinajstić information content (AvgIpc) is 3.45. The molecule has 160 valence electrons. The number of benzene rings is 1. The minimum Gasteiger partial charge on any atom is -0.339 e. The van der Waals surface area contributed by atoms with Gasteiger partial charge < -0.3 is 10.2 Å². The van der Waals surface area contributed by atoms with Crippen LogP contribution in [-0.2, 0) is 17.9 Å². The van der Waals surface area contributed by atoms with E-state index in [1.54, 1.807) is 10.9 Å². The molecule has 2 amide bonds. The lowest BCUT2D eigenvalue weighted by molar-refractivity contribution is -0.121. The van der Waals surface area contributed by atoms with E-state index in [-0.39, 0.29) is 17.7 Å². The third-order valence-corrected chi connectivity index (χ3v) is 6.16. The molecular weight excluding hydrogens is 378 g/mol. The summed E-state index contributed by atoms with van der Waals surface area (Å²) in [4.78, 5) is 29.9. The maximum absolute atomic E-state index is 13.0. The summed E-state index contributed by atoms with van der Waals surface area (Å²) in [6.07, 6.45) is 7.42. The van der Waals surface area contributed by atoms with Gasteiger partial charge in [0.15, 0.2) is 0 Å². The fourth-order valence-electron chi connectivity index (χ4n) is 4.37. The Morgan fingerprint density at radius 2 is 1.90 bits per heavy atom. The van der Waals surface area contributed by atoms with E-state index in [0.29, 0.717) is 25.9 Å². The average molecular weight is 410 g/mol. The molecule has 0 atom stereocenters. The quantitative estimate of drug-likeness (QED) is 0.796. The Bertz CT molecular complexity index is 879. The van der Waals surface area contributed by atoms with Crippen LogP contribution in [0.2, 0.25) is 0 Å². The first-order valence-corrected chi connectivity index (χ1v) is 11.1. The molecule has 3 heterocycles. The molecule has 4 rings (SSSR count). The highest BCUT2D eigenvalue weighted by Gasteiger charge is 2.28. The summed E-state index contributed by atoms with van der Waals surface area (Å²) in [6, 6.07) is 8.02. The number of aryl methyl sites for hydroxylation is 1. The number of likely N-dealkylation sites (tertiary alicyclic amines) is 2. The van der Waals surface area contributed by atoms with Gasteiger partial charge in [-0.3, -0.25) is 19.2 Å². The van der Waals surface area contributed by atoms with E-state index >= 15 is 0 Å². The summed E-state index contributed by atoms with van der Waals surface area (Å²) in [6.45, 7) is 7.21. The number of piperidine rings is 1. The van der Waals surface area contributed by atoms with Gasteiger partial charge >= 0.3 is 0 Å². The molecule has 2 saturated heterocycles. The summed E-state index contributed by atoms with van der Waals surface area (Å²) in [7, 11) is 0. The molecule has 0 unspecified atom stereocenters. The zero-order valence-corrected chi connectivity index (χ0v) is 17.7. The van der Waals surface area contributed by atoms with Crippen LogP contribution < -0.4 is 5.32 Å². The van der Waals surface area contributed by atoms with Crippen LogP contribution in [0.5, 0.6) is 0 Å². The van der Waals surface area contributed by atoms with Crippen LogP contribution in [-0.4, -0.2) is 57.6 Å². The minimum absolute atomic E-state index is 0.0189. The number of nitrogens with zero attached hydrogens (tertiary/aromatic N) is 4. The summed E-state index contributed by atoms with van der Waals surface area (Å²) in [5.41, 5.74) is 2.68. The van der Waals surface area contributed by atoms with E-state index in [0.717, 1.165) is 37.4 Å². The first-order chi connectivity index (χ1) is 14.6. The summed E-state index contributed by atoms with van der Waals surface area (Å²) in [5, 5.41) is 7.14. The van der Waals surface area contributed by atoms with Crippen LogP contribution in [0.3, 0.4) is 0 Å². The molecule has 7 nitrogen and oxygen atoms in total. The number of hydrogen-bond acceptors (Lipinski definition) is 4. The second-order valence-electron chi connectivity index (χ2n) is 8.32. The number of nitrogens with one attached hydrogen (secondary N) is 1. The number of aromatic nitrogens is 2. The molecule has 30 heavy (non-hydrogen) atoms. The van der Waals surface area contributed by atoms with Gasteiger partial charge in [0.25, 0.3) is 5.91 Å². The van der Waals surface area contributed by atoms with Crippen molar-refractivity contribution in [2.75, 3.05) is 31.5 Å². The first-order valence-electron chi connectivity index (χ1n) is 11.1. The highest BCUT2D eigenvalue weighted by molar-refractivity contribution is 5.95. The molecule has 2 aromatic rings. The monoisotopic (exact) mass is 409 g/mol. The van der Waals surface area contributed by atoms with Crippen molar-refractivity contribution < 1.29 is 9.59 Å². The predicted molar refractivity (Wildman–Crippen MR) is 116 cm³/mol. The third-order valence-electron chi connectivity index (χ3n) is 6.16. The van der Waals surface area contributed by atoms with E-state index in [1.807, 2.05) is 36.2 Å². The van der Waals surface area contributed by atoms with Crippen molar-refractivity contribution in [2.45, 2.75) is 45.7 Å². The predicted octanol–water partition coefficient (Wildman–Crippen LogP) is 2.99. The van der Waals surface area contributed by atoms with Crippen molar-refractivity contribution in [3.63, 3.8) is 0 Å². The van der Waals surface area contributed by atoms with E-state index < -0.39 is 0 Å². The van der Waals surface area contributed by atoms with Gasteiger partial charge in [0.1, 0.15) is 0 Å². The SMILES string of the molecule is CCn1cc(NC(=O)C2CCN(C(=O)c3cccc(CN4CCCC4)c3)CC2)cn1. The zero-order chi connectivity index (χ0) is 20.9. The smallest absolute Gasteiger partial charge is 0.253 e. The summed E-state index contributed by atoms with van der Waals surface area (Å²) >= 11 is 0. The maximum atomic E-state index is 13.0. The van der Waals surface area contributed by atoms with Crippen LogP contribution in [0, 0.1) is 5.92 Å². The molecule has 1 N–H and O–H groups in total. The highest BCUT2D eigenvalue weighted by atomic mass is 16.2. The van der Waals surface area contributed by atoms with E-state index in [1.165, 1.54) is 18.4 Å². The largest absolute Gasteiger partial charge is 0.339 e. The molecule has 0 radical (unpaired) electrons. The highest BCUT2D eigenvalue weighted by Crippen LogP contribution is 2.22. The lowest BCUT2D eigenvalue weighted by Crippen LogP contribution is -2.41. The molecule has 0 spiro atoms. The third kappa shape index (κ3) is 4.90. The van der Waals surface area contributed by atoms with Gasteiger partial charge in [0, 0.05) is 43.9 Å². The molecule has 1 aromatic heterocycles. The number of carbonyl (C=O) groups is 2. The molecule has 0 bridgehead atoms. The Morgan fingerprint density at radius 3 is 2.60 bits per heavy atom. The van der Waals surface area contributed by atoms with E-state index in [9.17, 15) is 9.59 Å². The Kier molecular flexibility index (Phi) is 6.47. The first kappa shape index (κ1) is 20.6. The fourth-order valence-corrected chi connectivity index (χ4v) is 4.37. The van der Waals surface area contributed by atoms with Gasteiger partial charge in [0.2, 0.25) is 5.91 Å². The van der Waals surface area contributed by atoms with Crippen LogP contribution in [0.4, 0.5) is 5.69 Å². The molecule has 0 aliphatic carbocycles.